The summed E-state index contributed by atoms with van der Waals surface area (Å²) in [5.74, 6) is 1.33. The highest BCUT2D eigenvalue weighted by atomic mass is 79.9. The minimum atomic E-state index is 0.0991. The summed E-state index contributed by atoms with van der Waals surface area (Å²) in [7, 11) is 0. The standard InChI is InChI=1S/C10H8Br2N2OS3/c1-2-8-13-10(18-14-8)16-4-6(15)5-3-7(11)17-9(5)12/h3H,2,4H2,1H3. The van der Waals surface area contributed by atoms with Gasteiger partial charge in [-0.3, -0.25) is 4.79 Å². The van der Waals surface area contributed by atoms with Gasteiger partial charge in [-0.1, -0.05) is 18.7 Å². The Kier molecular flexibility index (Phi) is 5.37. The molecule has 8 heteroatoms. The number of carbonyl (C=O) groups is 1. The molecule has 0 spiro atoms. The highest BCUT2D eigenvalue weighted by Gasteiger charge is 2.15. The van der Waals surface area contributed by atoms with E-state index in [9.17, 15) is 4.79 Å². The number of Topliss-reactive ketones (excluding diaryl/α,β-unsaturated/α-hetero) is 1. The van der Waals surface area contributed by atoms with Crippen LogP contribution in [0.25, 0.3) is 0 Å². The third-order valence-corrected chi connectivity index (χ3v) is 6.26. The zero-order valence-electron chi connectivity index (χ0n) is 9.27. The molecule has 0 radical (unpaired) electrons. The number of thiophene rings is 1. The first-order valence-electron chi connectivity index (χ1n) is 5.03. The van der Waals surface area contributed by atoms with Crippen molar-refractivity contribution in [2.75, 3.05) is 5.75 Å². The van der Waals surface area contributed by atoms with Crippen molar-refractivity contribution in [2.45, 2.75) is 17.7 Å². The van der Waals surface area contributed by atoms with Crippen LogP contribution in [0.3, 0.4) is 0 Å². The number of ketones is 1. The molecule has 0 saturated heterocycles. The molecule has 2 aromatic rings. The van der Waals surface area contributed by atoms with E-state index < -0.39 is 0 Å². The van der Waals surface area contributed by atoms with E-state index in [0.717, 1.165) is 29.7 Å². The smallest absolute Gasteiger partial charge is 0.175 e. The van der Waals surface area contributed by atoms with E-state index in [1.165, 1.54) is 34.6 Å². The number of hydrogen-bond donors (Lipinski definition) is 0. The number of rotatable bonds is 5. The van der Waals surface area contributed by atoms with Crippen LogP contribution in [0.15, 0.2) is 18.0 Å². The Morgan fingerprint density at radius 2 is 2.28 bits per heavy atom. The predicted octanol–water partition coefficient (Wildman–Crippen LogP) is 4.66. The van der Waals surface area contributed by atoms with Crippen molar-refractivity contribution in [1.82, 2.24) is 9.36 Å². The fraction of sp³-hybridized carbons (Fsp3) is 0.300. The second kappa shape index (κ2) is 6.60. The topological polar surface area (TPSA) is 42.9 Å². The van der Waals surface area contributed by atoms with E-state index in [1.807, 2.05) is 13.0 Å². The van der Waals surface area contributed by atoms with E-state index in [4.69, 9.17) is 0 Å². The van der Waals surface area contributed by atoms with E-state index >= 15 is 0 Å². The van der Waals surface area contributed by atoms with Gasteiger partial charge in [0.05, 0.1) is 13.3 Å². The quantitative estimate of drug-likeness (QED) is 0.513. The van der Waals surface area contributed by atoms with E-state index in [0.29, 0.717) is 5.75 Å². The van der Waals surface area contributed by atoms with Crippen LogP contribution < -0.4 is 0 Å². The molecule has 2 aromatic heterocycles. The molecule has 0 saturated carbocycles. The lowest BCUT2D eigenvalue weighted by atomic mass is 10.2. The second-order valence-corrected chi connectivity index (χ2v) is 9.00. The Balaban J connectivity index is 1.98. The van der Waals surface area contributed by atoms with Crippen LogP contribution in [-0.4, -0.2) is 20.9 Å². The van der Waals surface area contributed by atoms with Crippen molar-refractivity contribution in [3.05, 3.63) is 25.0 Å². The summed E-state index contributed by atoms with van der Waals surface area (Å²) in [6.07, 6.45) is 0.827. The number of aryl methyl sites for hydroxylation is 1. The van der Waals surface area contributed by atoms with Crippen LogP contribution in [0.2, 0.25) is 0 Å². The molecule has 0 aliphatic heterocycles. The molecule has 0 fully saturated rings. The Morgan fingerprint density at radius 3 is 2.83 bits per heavy atom. The lowest BCUT2D eigenvalue weighted by Crippen LogP contribution is -2.01. The van der Waals surface area contributed by atoms with Crippen LogP contribution in [-0.2, 0) is 6.42 Å². The lowest BCUT2D eigenvalue weighted by Gasteiger charge is -1.96. The van der Waals surface area contributed by atoms with Crippen LogP contribution >= 0.6 is 66.5 Å². The zero-order chi connectivity index (χ0) is 13.1. The largest absolute Gasteiger partial charge is 0.293 e. The third kappa shape index (κ3) is 3.63. The number of halogens is 2. The van der Waals surface area contributed by atoms with E-state index in [2.05, 4.69) is 41.2 Å². The van der Waals surface area contributed by atoms with Crippen molar-refractivity contribution in [1.29, 1.82) is 0 Å². The van der Waals surface area contributed by atoms with Gasteiger partial charge in [0.1, 0.15) is 5.82 Å². The first-order valence-corrected chi connectivity index (χ1v) is 9.19. The van der Waals surface area contributed by atoms with Gasteiger partial charge in [-0.15, -0.1) is 11.3 Å². The van der Waals surface area contributed by atoms with Crippen LogP contribution in [0.5, 0.6) is 0 Å². The summed E-state index contributed by atoms with van der Waals surface area (Å²) in [5.41, 5.74) is 0.722. The molecule has 0 unspecified atom stereocenters. The first-order chi connectivity index (χ1) is 8.60. The molecule has 0 aliphatic carbocycles. The molecule has 0 aliphatic rings. The van der Waals surface area contributed by atoms with Crippen molar-refractivity contribution < 1.29 is 4.79 Å². The minimum absolute atomic E-state index is 0.0991. The Bertz CT molecular complexity index is 567. The van der Waals surface area contributed by atoms with Gasteiger partial charge in [0, 0.05) is 12.0 Å². The average Bonchev–Trinajstić information content (AvgIpc) is 2.92. The Morgan fingerprint density at radius 1 is 1.50 bits per heavy atom. The molecule has 2 rings (SSSR count). The molecule has 0 bridgehead atoms. The SMILES string of the molecule is CCc1nsc(SCC(=O)c2cc(Br)sc2Br)n1. The van der Waals surface area contributed by atoms with Gasteiger partial charge in [0.2, 0.25) is 0 Å². The first kappa shape index (κ1) is 14.6. The molecule has 2 heterocycles. The second-order valence-electron chi connectivity index (χ2n) is 3.28. The highest BCUT2D eigenvalue weighted by molar-refractivity contribution is 9.12. The van der Waals surface area contributed by atoms with Gasteiger partial charge in [-0.25, -0.2) is 4.98 Å². The number of carbonyl (C=O) groups excluding carboxylic acids is 1. The van der Waals surface area contributed by atoms with Gasteiger partial charge in [0.25, 0.3) is 0 Å². The van der Waals surface area contributed by atoms with Crippen molar-refractivity contribution >= 4 is 72.3 Å². The fourth-order valence-electron chi connectivity index (χ4n) is 1.18. The number of hydrogen-bond acceptors (Lipinski definition) is 6. The van der Waals surface area contributed by atoms with Crippen molar-refractivity contribution in [2.24, 2.45) is 0 Å². The molecular weight excluding hydrogens is 420 g/mol. The highest BCUT2D eigenvalue weighted by Crippen LogP contribution is 2.33. The molecule has 18 heavy (non-hydrogen) atoms. The summed E-state index contributed by atoms with van der Waals surface area (Å²) in [6.45, 7) is 2.02. The third-order valence-electron chi connectivity index (χ3n) is 2.05. The summed E-state index contributed by atoms with van der Waals surface area (Å²) in [4.78, 5) is 16.3. The summed E-state index contributed by atoms with van der Waals surface area (Å²) >= 11 is 11.1. The predicted molar refractivity (Wildman–Crippen MR) is 84.1 cm³/mol. The molecule has 0 N–H and O–H groups in total. The number of nitrogens with zero attached hydrogens (tertiary/aromatic N) is 2. The monoisotopic (exact) mass is 426 g/mol. The Labute approximate surface area is 134 Å². The zero-order valence-corrected chi connectivity index (χ0v) is 14.9. The van der Waals surface area contributed by atoms with Crippen molar-refractivity contribution in [3.63, 3.8) is 0 Å². The van der Waals surface area contributed by atoms with Gasteiger partial charge in [-0.05, 0) is 49.5 Å². The fourth-order valence-corrected chi connectivity index (χ4v) is 5.61. The number of aromatic nitrogens is 2. The number of thioether (sulfide) groups is 1. The summed E-state index contributed by atoms with van der Waals surface area (Å²) in [5, 5.41) is 0. The van der Waals surface area contributed by atoms with E-state index in [-0.39, 0.29) is 5.78 Å². The molecule has 3 nitrogen and oxygen atoms in total. The molecule has 0 amide bonds. The average molecular weight is 428 g/mol. The van der Waals surface area contributed by atoms with Gasteiger partial charge in [-0.2, -0.15) is 4.37 Å². The maximum atomic E-state index is 12.0. The van der Waals surface area contributed by atoms with Gasteiger partial charge in [0.15, 0.2) is 10.1 Å². The minimum Gasteiger partial charge on any atom is -0.293 e. The van der Waals surface area contributed by atoms with Crippen LogP contribution in [0.1, 0.15) is 23.1 Å². The normalized spacial score (nSPS) is 10.8. The van der Waals surface area contributed by atoms with Gasteiger partial charge < -0.3 is 0 Å². The summed E-state index contributed by atoms with van der Waals surface area (Å²) in [6, 6.07) is 1.84. The summed E-state index contributed by atoms with van der Waals surface area (Å²) < 4.78 is 6.86. The van der Waals surface area contributed by atoms with Crippen LogP contribution in [0, 0.1) is 0 Å². The maximum absolute atomic E-state index is 12.0. The molecule has 0 atom stereocenters. The molecule has 96 valence electrons. The van der Waals surface area contributed by atoms with Crippen molar-refractivity contribution in [3.8, 4) is 0 Å². The maximum Gasteiger partial charge on any atom is 0.175 e. The lowest BCUT2D eigenvalue weighted by molar-refractivity contribution is 0.102. The van der Waals surface area contributed by atoms with E-state index in [1.54, 1.807) is 0 Å². The Hall–Kier alpha value is 0.240. The molecule has 0 aromatic carbocycles. The molecular formula is C10H8Br2N2OS3. The van der Waals surface area contributed by atoms with Gasteiger partial charge >= 0.3 is 0 Å². The van der Waals surface area contributed by atoms with Crippen LogP contribution in [0.4, 0.5) is 0 Å².